The van der Waals surface area contributed by atoms with E-state index in [9.17, 15) is 5.11 Å². The first-order valence-corrected chi connectivity index (χ1v) is 5.80. The van der Waals surface area contributed by atoms with Crippen LogP contribution in [0.2, 0.25) is 0 Å². The van der Waals surface area contributed by atoms with Crippen LogP contribution in [0, 0.1) is 6.92 Å². The number of aromatic hydroxyl groups is 1. The average Bonchev–Trinajstić information content (AvgIpc) is 2.37. The van der Waals surface area contributed by atoms with E-state index >= 15 is 0 Å². The number of hydrogen-bond acceptors (Lipinski definition) is 2. The topological polar surface area (TPSA) is 29.5 Å². The molecule has 0 aromatic heterocycles. The van der Waals surface area contributed by atoms with Crippen molar-refractivity contribution in [2.75, 3.05) is 7.11 Å². The average molecular weight is 240 g/mol. The van der Waals surface area contributed by atoms with Gasteiger partial charge in [-0.2, -0.15) is 0 Å². The maximum absolute atomic E-state index is 9.21. The fraction of sp³-hybridized carbons (Fsp3) is 0.125. The number of hydrogen-bond donors (Lipinski definition) is 1. The van der Waals surface area contributed by atoms with E-state index in [1.807, 2.05) is 43.3 Å². The van der Waals surface area contributed by atoms with Gasteiger partial charge >= 0.3 is 0 Å². The van der Waals surface area contributed by atoms with E-state index in [0.29, 0.717) is 0 Å². The molecule has 0 aliphatic heterocycles. The number of phenols is 1. The van der Waals surface area contributed by atoms with Crippen molar-refractivity contribution in [2.24, 2.45) is 0 Å². The molecule has 0 amide bonds. The lowest BCUT2D eigenvalue weighted by Crippen LogP contribution is -1.85. The van der Waals surface area contributed by atoms with Crippen LogP contribution in [0.25, 0.3) is 12.2 Å². The van der Waals surface area contributed by atoms with Crippen LogP contribution in [-0.4, -0.2) is 12.2 Å². The Hall–Kier alpha value is -2.22. The second kappa shape index (κ2) is 5.41. The van der Waals surface area contributed by atoms with Crippen LogP contribution in [0.5, 0.6) is 11.5 Å². The van der Waals surface area contributed by atoms with Gasteiger partial charge in [-0.25, -0.2) is 0 Å². The summed E-state index contributed by atoms with van der Waals surface area (Å²) in [6.07, 6.45) is 4.04. The molecule has 2 aromatic carbocycles. The Bertz CT molecular complexity index is 554. The lowest BCUT2D eigenvalue weighted by atomic mass is 10.1. The Morgan fingerprint density at radius 3 is 2.28 bits per heavy atom. The summed E-state index contributed by atoms with van der Waals surface area (Å²) in [5.41, 5.74) is 3.31. The number of benzene rings is 2. The number of phenolic OH excluding ortho intramolecular Hbond substituents is 1. The van der Waals surface area contributed by atoms with E-state index in [1.165, 1.54) is 5.56 Å². The highest BCUT2D eigenvalue weighted by atomic mass is 16.5. The van der Waals surface area contributed by atoms with Gasteiger partial charge < -0.3 is 9.84 Å². The number of ether oxygens (including phenoxy) is 1. The molecule has 0 aliphatic carbocycles. The van der Waals surface area contributed by atoms with E-state index < -0.39 is 0 Å². The van der Waals surface area contributed by atoms with Crippen molar-refractivity contribution in [2.45, 2.75) is 6.92 Å². The molecule has 0 radical (unpaired) electrons. The van der Waals surface area contributed by atoms with Gasteiger partial charge in [0.15, 0.2) is 0 Å². The van der Waals surface area contributed by atoms with Crippen LogP contribution in [-0.2, 0) is 0 Å². The van der Waals surface area contributed by atoms with Crippen LogP contribution in [0.4, 0.5) is 0 Å². The van der Waals surface area contributed by atoms with Crippen molar-refractivity contribution >= 4 is 12.2 Å². The van der Waals surface area contributed by atoms with Crippen molar-refractivity contribution in [1.29, 1.82) is 0 Å². The third kappa shape index (κ3) is 3.14. The molecule has 1 N–H and O–H groups in total. The summed E-state index contributed by atoms with van der Waals surface area (Å²) >= 11 is 0. The van der Waals surface area contributed by atoms with Gasteiger partial charge in [0.25, 0.3) is 0 Å². The van der Waals surface area contributed by atoms with Crippen LogP contribution < -0.4 is 4.74 Å². The molecular weight excluding hydrogens is 224 g/mol. The van der Waals surface area contributed by atoms with E-state index in [1.54, 1.807) is 19.2 Å². The van der Waals surface area contributed by atoms with Crippen molar-refractivity contribution in [3.05, 3.63) is 59.2 Å². The molecular formula is C16H16O2. The minimum Gasteiger partial charge on any atom is -0.508 e. The largest absolute Gasteiger partial charge is 0.508 e. The zero-order chi connectivity index (χ0) is 13.0. The molecule has 2 nitrogen and oxygen atoms in total. The number of aryl methyl sites for hydroxylation is 1. The fourth-order valence-corrected chi connectivity index (χ4v) is 1.77. The van der Waals surface area contributed by atoms with Crippen LogP contribution in [0.3, 0.4) is 0 Å². The zero-order valence-electron chi connectivity index (χ0n) is 10.6. The molecule has 0 bridgehead atoms. The van der Waals surface area contributed by atoms with Crippen LogP contribution in [0.1, 0.15) is 16.7 Å². The standard InChI is InChI=1S/C16H16O2/c1-12-9-14(11-16(10-12)18-2)4-3-13-5-7-15(17)8-6-13/h3-11,17H,1-2H3/b4-3+. The van der Waals surface area contributed by atoms with E-state index in [-0.39, 0.29) is 5.75 Å². The molecule has 0 heterocycles. The predicted octanol–water partition coefficient (Wildman–Crippen LogP) is 3.88. The first-order chi connectivity index (χ1) is 8.67. The van der Waals surface area contributed by atoms with E-state index in [2.05, 4.69) is 6.07 Å². The Balaban J connectivity index is 2.22. The highest BCUT2D eigenvalue weighted by Gasteiger charge is 1.96. The summed E-state index contributed by atoms with van der Waals surface area (Å²) in [6.45, 7) is 2.04. The number of rotatable bonds is 3. The first-order valence-electron chi connectivity index (χ1n) is 5.80. The van der Waals surface area contributed by atoms with E-state index in [0.717, 1.165) is 16.9 Å². The maximum Gasteiger partial charge on any atom is 0.119 e. The Morgan fingerprint density at radius 1 is 0.944 bits per heavy atom. The molecule has 2 aromatic rings. The predicted molar refractivity (Wildman–Crippen MR) is 74.8 cm³/mol. The SMILES string of the molecule is COc1cc(C)cc(/C=C/c2ccc(O)cc2)c1. The molecule has 18 heavy (non-hydrogen) atoms. The van der Waals surface area contributed by atoms with Gasteiger partial charge in [-0.15, -0.1) is 0 Å². The van der Waals surface area contributed by atoms with Crippen molar-refractivity contribution in [3.63, 3.8) is 0 Å². The summed E-state index contributed by atoms with van der Waals surface area (Å²) in [5, 5.41) is 9.21. The van der Waals surface area contributed by atoms with Gasteiger partial charge in [0.05, 0.1) is 7.11 Å². The van der Waals surface area contributed by atoms with Crippen molar-refractivity contribution in [3.8, 4) is 11.5 Å². The maximum atomic E-state index is 9.21. The third-order valence-corrected chi connectivity index (χ3v) is 2.67. The molecule has 0 saturated heterocycles. The molecule has 2 heteroatoms. The minimum atomic E-state index is 0.282. The molecule has 0 aliphatic rings. The monoisotopic (exact) mass is 240 g/mol. The lowest BCUT2D eigenvalue weighted by Gasteiger charge is -2.03. The van der Waals surface area contributed by atoms with Crippen LogP contribution in [0.15, 0.2) is 42.5 Å². The van der Waals surface area contributed by atoms with Gasteiger partial charge in [0.2, 0.25) is 0 Å². The van der Waals surface area contributed by atoms with Gasteiger partial charge in [0.1, 0.15) is 11.5 Å². The molecule has 92 valence electrons. The quantitative estimate of drug-likeness (QED) is 0.825. The molecule has 0 spiro atoms. The fourth-order valence-electron chi connectivity index (χ4n) is 1.77. The molecule has 0 unspecified atom stereocenters. The summed E-state index contributed by atoms with van der Waals surface area (Å²) in [4.78, 5) is 0. The second-order valence-corrected chi connectivity index (χ2v) is 4.21. The van der Waals surface area contributed by atoms with Crippen molar-refractivity contribution < 1.29 is 9.84 Å². The smallest absolute Gasteiger partial charge is 0.119 e. The Labute approximate surface area is 107 Å². The normalized spacial score (nSPS) is 10.8. The molecule has 0 atom stereocenters. The molecule has 0 saturated carbocycles. The van der Waals surface area contributed by atoms with Crippen LogP contribution >= 0.6 is 0 Å². The van der Waals surface area contributed by atoms with Gasteiger partial charge in [-0.05, 0) is 47.9 Å². The summed E-state index contributed by atoms with van der Waals surface area (Å²) in [6, 6.07) is 13.2. The summed E-state index contributed by atoms with van der Waals surface area (Å²) < 4.78 is 5.24. The Kier molecular flexibility index (Phi) is 3.68. The minimum absolute atomic E-state index is 0.282. The highest BCUT2D eigenvalue weighted by Crippen LogP contribution is 2.19. The lowest BCUT2D eigenvalue weighted by molar-refractivity contribution is 0.414. The zero-order valence-corrected chi connectivity index (χ0v) is 10.6. The summed E-state index contributed by atoms with van der Waals surface area (Å²) in [7, 11) is 1.67. The van der Waals surface area contributed by atoms with Gasteiger partial charge in [0, 0.05) is 0 Å². The highest BCUT2D eigenvalue weighted by molar-refractivity contribution is 5.70. The van der Waals surface area contributed by atoms with Crippen molar-refractivity contribution in [1.82, 2.24) is 0 Å². The molecule has 2 rings (SSSR count). The van der Waals surface area contributed by atoms with Gasteiger partial charge in [-0.1, -0.05) is 30.4 Å². The van der Waals surface area contributed by atoms with E-state index in [4.69, 9.17) is 4.74 Å². The second-order valence-electron chi connectivity index (χ2n) is 4.21. The number of methoxy groups -OCH3 is 1. The third-order valence-electron chi connectivity index (χ3n) is 2.67. The van der Waals surface area contributed by atoms with Gasteiger partial charge in [-0.3, -0.25) is 0 Å². The molecule has 0 fully saturated rings. The summed E-state index contributed by atoms with van der Waals surface area (Å²) in [5.74, 6) is 1.14. The first kappa shape index (κ1) is 12.2. The Morgan fingerprint density at radius 2 is 1.61 bits per heavy atom.